The predicted octanol–water partition coefficient (Wildman–Crippen LogP) is 2.93. The molecule has 2 aliphatic heterocycles. The molecule has 1 N–H and O–H groups in total. The Kier molecular flexibility index (Phi) is 6.08. The number of amides is 2. The van der Waals surface area contributed by atoms with Crippen molar-refractivity contribution < 1.29 is 19.1 Å². The third-order valence-corrected chi connectivity index (χ3v) is 6.01. The van der Waals surface area contributed by atoms with Crippen LogP contribution in [0, 0.1) is 14.9 Å². The molecule has 1 fully saturated rings. The minimum absolute atomic E-state index is 0.0783. The molecule has 2 atom stereocenters. The quantitative estimate of drug-likeness (QED) is 0.617. The molecule has 4 rings (SSSR count). The van der Waals surface area contributed by atoms with Gasteiger partial charge in [-0.25, -0.2) is 0 Å². The number of halogens is 1. The van der Waals surface area contributed by atoms with Crippen molar-refractivity contribution >= 4 is 34.4 Å². The van der Waals surface area contributed by atoms with E-state index in [1.807, 2.05) is 24.3 Å². The summed E-state index contributed by atoms with van der Waals surface area (Å²) in [6, 6.07) is 13.6. The number of nitrogens with zero attached hydrogens (tertiary/aromatic N) is 2. The number of likely N-dealkylation sites (tertiary alicyclic amines) is 1. The fourth-order valence-electron chi connectivity index (χ4n) is 3.74. The summed E-state index contributed by atoms with van der Waals surface area (Å²) in [5, 5.41) is 12.4. The zero-order valence-electron chi connectivity index (χ0n) is 16.1. The number of carbonyl (C=O) groups excluding carboxylic acids is 2. The normalized spacial score (nSPS) is 18.0. The maximum absolute atomic E-state index is 12.9. The summed E-state index contributed by atoms with van der Waals surface area (Å²) >= 11 is 2.22. The van der Waals surface area contributed by atoms with E-state index >= 15 is 0 Å². The molecule has 2 heterocycles. The maximum atomic E-state index is 12.9. The number of carbonyl (C=O) groups is 2. The first-order chi connectivity index (χ1) is 14.5. The molecule has 7 nitrogen and oxygen atoms in total. The number of ether oxygens (including phenoxy) is 2. The standard InChI is InChI=1S/C22H20IN3O4/c23-16-6-3-14(4-7-16)10-21(27)26-9-1-2-18(26)22(28)25-17(12-24)15-5-8-19-20(11-15)30-13-29-19/h3-8,11,17-18H,1-2,9-10,13H2,(H,25,28)/t17?,18-/m0/s1. The Hall–Kier alpha value is -2.80. The topological polar surface area (TPSA) is 91.7 Å². The van der Waals surface area contributed by atoms with Gasteiger partial charge < -0.3 is 19.7 Å². The van der Waals surface area contributed by atoms with Crippen LogP contribution in [-0.4, -0.2) is 36.1 Å². The first-order valence-corrected chi connectivity index (χ1v) is 10.8. The molecule has 0 radical (unpaired) electrons. The van der Waals surface area contributed by atoms with Gasteiger partial charge in [-0.3, -0.25) is 9.59 Å². The van der Waals surface area contributed by atoms with Crippen molar-refractivity contribution in [2.45, 2.75) is 31.3 Å². The number of nitrogens with one attached hydrogen (secondary N) is 1. The van der Waals surface area contributed by atoms with E-state index in [1.54, 1.807) is 23.1 Å². The zero-order chi connectivity index (χ0) is 21.1. The minimum Gasteiger partial charge on any atom is -0.454 e. The summed E-state index contributed by atoms with van der Waals surface area (Å²) in [5.41, 5.74) is 1.53. The molecule has 0 bridgehead atoms. The first-order valence-electron chi connectivity index (χ1n) is 9.68. The van der Waals surface area contributed by atoms with Crippen molar-refractivity contribution in [3.8, 4) is 17.6 Å². The van der Waals surface area contributed by atoms with Crippen molar-refractivity contribution in [3.05, 3.63) is 57.2 Å². The fraction of sp³-hybridized carbons (Fsp3) is 0.318. The zero-order valence-corrected chi connectivity index (χ0v) is 18.3. The molecule has 0 aliphatic carbocycles. The summed E-state index contributed by atoms with van der Waals surface area (Å²) in [6.45, 7) is 0.685. The Labute approximate surface area is 188 Å². The highest BCUT2D eigenvalue weighted by Gasteiger charge is 2.35. The molecule has 8 heteroatoms. The van der Waals surface area contributed by atoms with E-state index in [4.69, 9.17) is 9.47 Å². The molecule has 154 valence electrons. The van der Waals surface area contributed by atoms with E-state index in [0.717, 1.165) is 15.6 Å². The minimum atomic E-state index is -0.833. The predicted molar refractivity (Wildman–Crippen MR) is 117 cm³/mol. The van der Waals surface area contributed by atoms with Gasteiger partial charge in [0.15, 0.2) is 11.5 Å². The van der Waals surface area contributed by atoms with E-state index in [9.17, 15) is 14.9 Å². The number of benzene rings is 2. The summed E-state index contributed by atoms with van der Waals surface area (Å²) in [4.78, 5) is 27.4. The molecular weight excluding hydrogens is 497 g/mol. The van der Waals surface area contributed by atoms with Crippen molar-refractivity contribution in [1.82, 2.24) is 10.2 Å². The van der Waals surface area contributed by atoms with Gasteiger partial charge >= 0.3 is 0 Å². The summed E-state index contributed by atoms with van der Waals surface area (Å²) in [5.74, 6) is 0.778. The Bertz CT molecular complexity index is 1000. The van der Waals surface area contributed by atoms with E-state index < -0.39 is 12.1 Å². The van der Waals surface area contributed by atoms with Crippen LogP contribution < -0.4 is 14.8 Å². The Morgan fingerprint density at radius 1 is 1.20 bits per heavy atom. The average molecular weight is 517 g/mol. The van der Waals surface area contributed by atoms with Crippen LogP contribution in [-0.2, 0) is 16.0 Å². The molecule has 2 aromatic rings. The third-order valence-electron chi connectivity index (χ3n) is 5.29. The second-order valence-corrected chi connectivity index (χ2v) is 8.48. The number of hydrogen-bond donors (Lipinski definition) is 1. The van der Waals surface area contributed by atoms with Gasteiger partial charge in [0.05, 0.1) is 12.5 Å². The van der Waals surface area contributed by atoms with Crippen LogP contribution in [0.4, 0.5) is 0 Å². The van der Waals surface area contributed by atoms with E-state index in [1.165, 1.54) is 0 Å². The molecule has 1 unspecified atom stereocenters. The second-order valence-electron chi connectivity index (χ2n) is 7.23. The highest BCUT2D eigenvalue weighted by atomic mass is 127. The largest absolute Gasteiger partial charge is 0.454 e. The average Bonchev–Trinajstić information content (AvgIpc) is 3.42. The summed E-state index contributed by atoms with van der Waals surface area (Å²) in [6.07, 6.45) is 1.60. The van der Waals surface area contributed by atoms with Crippen LogP contribution >= 0.6 is 22.6 Å². The maximum Gasteiger partial charge on any atom is 0.244 e. The summed E-state index contributed by atoms with van der Waals surface area (Å²) < 4.78 is 11.7. The van der Waals surface area contributed by atoms with Crippen LogP contribution in [0.15, 0.2) is 42.5 Å². The van der Waals surface area contributed by atoms with Crippen molar-refractivity contribution in [1.29, 1.82) is 5.26 Å². The summed E-state index contributed by atoms with van der Waals surface area (Å²) in [7, 11) is 0. The van der Waals surface area contributed by atoms with Gasteiger partial charge in [0.1, 0.15) is 12.1 Å². The fourth-order valence-corrected chi connectivity index (χ4v) is 4.10. The highest BCUT2D eigenvalue weighted by molar-refractivity contribution is 14.1. The molecule has 2 aliphatic rings. The van der Waals surface area contributed by atoms with Crippen LogP contribution in [0.1, 0.15) is 30.0 Å². The number of hydrogen-bond acceptors (Lipinski definition) is 5. The smallest absolute Gasteiger partial charge is 0.244 e. The van der Waals surface area contributed by atoms with Crippen molar-refractivity contribution in [2.75, 3.05) is 13.3 Å². The lowest BCUT2D eigenvalue weighted by molar-refractivity contribution is -0.138. The Morgan fingerprint density at radius 2 is 1.97 bits per heavy atom. The van der Waals surface area contributed by atoms with Crippen molar-refractivity contribution in [3.63, 3.8) is 0 Å². The monoisotopic (exact) mass is 517 g/mol. The van der Waals surface area contributed by atoms with Gasteiger partial charge in [-0.2, -0.15) is 5.26 Å². The van der Waals surface area contributed by atoms with Gasteiger partial charge in [-0.05, 0) is 70.8 Å². The van der Waals surface area contributed by atoms with E-state index in [2.05, 4.69) is 34.0 Å². The molecular formula is C22H20IN3O4. The number of rotatable bonds is 5. The molecule has 30 heavy (non-hydrogen) atoms. The number of fused-ring (bicyclic) bond motifs is 1. The molecule has 2 amide bonds. The lowest BCUT2D eigenvalue weighted by Gasteiger charge is -2.25. The second kappa shape index (κ2) is 8.92. The number of nitriles is 1. The van der Waals surface area contributed by atoms with Gasteiger partial charge in [0.2, 0.25) is 18.6 Å². The van der Waals surface area contributed by atoms with Gasteiger partial charge in [0.25, 0.3) is 0 Å². The van der Waals surface area contributed by atoms with Crippen molar-refractivity contribution in [2.24, 2.45) is 0 Å². The van der Waals surface area contributed by atoms with Crippen LogP contribution in [0.25, 0.3) is 0 Å². The van der Waals surface area contributed by atoms with Gasteiger partial charge in [0, 0.05) is 10.1 Å². The van der Waals surface area contributed by atoms with Gasteiger partial charge in [-0.1, -0.05) is 18.2 Å². The molecule has 0 saturated carbocycles. The highest BCUT2D eigenvalue weighted by Crippen LogP contribution is 2.34. The van der Waals surface area contributed by atoms with E-state index in [-0.39, 0.29) is 25.0 Å². The molecule has 1 saturated heterocycles. The Morgan fingerprint density at radius 3 is 2.73 bits per heavy atom. The lowest BCUT2D eigenvalue weighted by Crippen LogP contribution is -2.47. The lowest BCUT2D eigenvalue weighted by atomic mass is 10.1. The Balaban J connectivity index is 1.43. The van der Waals surface area contributed by atoms with Crippen LogP contribution in [0.2, 0.25) is 0 Å². The van der Waals surface area contributed by atoms with Crippen LogP contribution in [0.3, 0.4) is 0 Å². The molecule has 0 aromatic heterocycles. The first kappa shape index (κ1) is 20.5. The van der Waals surface area contributed by atoms with Crippen LogP contribution in [0.5, 0.6) is 11.5 Å². The third kappa shape index (κ3) is 4.36. The molecule has 2 aromatic carbocycles. The molecule has 0 spiro atoms. The van der Waals surface area contributed by atoms with Gasteiger partial charge in [-0.15, -0.1) is 0 Å². The SMILES string of the molecule is N#CC(NC(=O)[C@@H]1CCCN1C(=O)Cc1ccc(I)cc1)c1ccc2c(c1)OCO2. The van der Waals surface area contributed by atoms with E-state index in [0.29, 0.717) is 30.0 Å².